The molecule has 0 bridgehead atoms. The number of methoxy groups -OCH3 is 2. The summed E-state index contributed by atoms with van der Waals surface area (Å²) in [5.41, 5.74) is 2.16. The van der Waals surface area contributed by atoms with Gasteiger partial charge in [-0.3, -0.25) is 4.90 Å². The van der Waals surface area contributed by atoms with Crippen molar-refractivity contribution in [1.29, 1.82) is 0 Å². The molecule has 0 fully saturated rings. The summed E-state index contributed by atoms with van der Waals surface area (Å²) in [6.45, 7) is 4.47. The molecule has 0 aromatic heterocycles. The van der Waals surface area contributed by atoms with Crippen LogP contribution in [-0.4, -0.2) is 36.9 Å². The lowest BCUT2D eigenvalue weighted by Crippen LogP contribution is -2.32. The second-order valence-corrected chi connectivity index (χ2v) is 6.30. The van der Waals surface area contributed by atoms with Crippen LogP contribution in [-0.2, 0) is 13.1 Å². The van der Waals surface area contributed by atoms with Crippen molar-refractivity contribution < 1.29 is 19.3 Å². The number of hydrogen-bond acceptors (Lipinski definition) is 5. The summed E-state index contributed by atoms with van der Waals surface area (Å²) in [7, 11) is 3.23. The topological polar surface area (TPSA) is 51.2 Å². The molecule has 5 nitrogen and oxygen atoms in total. The predicted molar refractivity (Wildman–Crippen MR) is 96.5 cm³/mol. The largest absolute Gasteiger partial charge is 0.504 e. The molecular formula is C20H25NO4. The zero-order valence-corrected chi connectivity index (χ0v) is 15.0. The summed E-state index contributed by atoms with van der Waals surface area (Å²) >= 11 is 0. The number of benzene rings is 2. The standard InChI is InChI=1S/C20H25NO4/c1-4-16-13-21(11-14-5-7-20(24-3)18(22)9-14)12-15-10-17(23-2)6-8-19(15)25-16/h5-10,16,22H,4,11-13H2,1-3H3/t16-/m0/s1. The van der Waals surface area contributed by atoms with Gasteiger partial charge in [-0.1, -0.05) is 13.0 Å². The van der Waals surface area contributed by atoms with E-state index in [1.165, 1.54) is 0 Å². The molecule has 2 aromatic carbocycles. The fourth-order valence-corrected chi connectivity index (χ4v) is 3.16. The van der Waals surface area contributed by atoms with Crippen LogP contribution in [0.3, 0.4) is 0 Å². The van der Waals surface area contributed by atoms with Crippen molar-refractivity contribution >= 4 is 0 Å². The molecular weight excluding hydrogens is 318 g/mol. The van der Waals surface area contributed by atoms with Crippen LogP contribution in [0, 0.1) is 0 Å². The van der Waals surface area contributed by atoms with Gasteiger partial charge < -0.3 is 19.3 Å². The molecule has 0 aliphatic carbocycles. The maximum absolute atomic E-state index is 10.0. The van der Waals surface area contributed by atoms with E-state index in [2.05, 4.69) is 11.8 Å². The monoisotopic (exact) mass is 343 g/mol. The van der Waals surface area contributed by atoms with Crippen LogP contribution in [0.4, 0.5) is 0 Å². The summed E-state index contributed by atoms with van der Waals surface area (Å²) in [4.78, 5) is 2.33. The molecule has 25 heavy (non-hydrogen) atoms. The normalized spacial score (nSPS) is 17.3. The van der Waals surface area contributed by atoms with Gasteiger partial charge in [0.2, 0.25) is 0 Å². The lowest BCUT2D eigenvalue weighted by molar-refractivity contribution is 0.139. The Kier molecular flexibility index (Phi) is 5.34. The summed E-state index contributed by atoms with van der Waals surface area (Å²) in [5, 5.41) is 10.0. The van der Waals surface area contributed by atoms with Gasteiger partial charge in [-0.2, -0.15) is 0 Å². The van der Waals surface area contributed by atoms with Crippen LogP contribution in [0.1, 0.15) is 24.5 Å². The first kappa shape index (κ1) is 17.4. The molecule has 0 amide bonds. The van der Waals surface area contributed by atoms with Gasteiger partial charge in [-0.15, -0.1) is 0 Å². The number of rotatable bonds is 5. The zero-order valence-electron chi connectivity index (χ0n) is 15.0. The first-order valence-electron chi connectivity index (χ1n) is 8.54. The Labute approximate surface area is 148 Å². The number of phenols is 1. The van der Waals surface area contributed by atoms with Crippen LogP contribution in [0.2, 0.25) is 0 Å². The average Bonchev–Trinajstić information content (AvgIpc) is 2.79. The highest BCUT2D eigenvalue weighted by Crippen LogP contribution is 2.31. The number of aromatic hydroxyl groups is 1. The minimum absolute atomic E-state index is 0.140. The molecule has 0 spiro atoms. The smallest absolute Gasteiger partial charge is 0.160 e. The van der Waals surface area contributed by atoms with Crippen molar-refractivity contribution in [1.82, 2.24) is 4.90 Å². The number of phenolic OH excluding ortho intramolecular Hbond substituents is 1. The SMILES string of the molecule is CC[C@H]1CN(Cc2ccc(OC)c(O)c2)Cc2cc(OC)ccc2O1. The van der Waals surface area contributed by atoms with E-state index in [0.717, 1.165) is 48.7 Å². The van der Waals surface area contributed by atoms with E-state index >= 15 is 0 Å². The summed E-state index contributed by atoms with van der Waals surface area (Å²) < 4.78 is 16.6. The van der Waals surface area contributed by atoms with E-state index in [-0.39, 0.29) is 11.9 Å². The van der Waals surface area contributed by atoms with Crippen LogP contribution in [0.5, 0.6) is 23.0 Å². The second-order valence-electron chi connectivity index (χ2n) is 6.30. The Hall–Kier alpha value is -2.40. The average molecular weight is 343 g/mol. The van der Waals surface area contributed by atoms with Crippen LogP contribution >= 0.6 is 0 Å². The van der Waals surface area contributed by atoms with E-state index < -0.39 is 0 Å². The van der Waals surface area contributed by atoms with Crippen molar-refractivity contribution in [3.8, 4) is 23.0 Å². The molecule has 5 heteroatoms. The molecule has 134 valence electrons. The number of ether oxygens (including phenoxy) is 3. The fourth-order valence-electron chi connectivity index (χ4n) is 3.16. The van der Waals surface area contributed by atoms with Crippen molar-refractivity contribution in [3.05, 3.63) is 47.5 Å². The maximum atomic E-state index is 10.0. The Bertz CT molecular complexity index is 732. The Morgan fingerprint density at radius 1 is 1.16 bits per heavy atom. The summed E-state index contributed by atoms with van der Waals surface area (Å²) in [6, 6.07) is 11.5. The van der Waals surface area contributed by atoms with E-state index in [1.807, 2.05) is 24.3 Å². The first-order valence-corrected chi connectivity index (χ1v) is 8.54. The molecule has 0 unspecified atom stereocenters. The molecule has 1 atom stereocenters. The van der Waals surface area contributed by atoms with Crippen molar-refractivity contribution in [2.24, 2.45) is 0 Å². The van der Waals surface area contributed by atoms with Crippen molar-refractivity contribution in [3.63, 3.8) is 0 Å². The highest BCUT2D eigenvalue weighted by atomic mass is 16.5. The van der Waals surface area contributed by atoms with Gasteiger partial charge in [-0.25, -0.2) is 0 Å². The molecule has 3 rings (SSSR count). The maximum Gasteiger partial charge on any atom is 0.160 e. The number of hydrogen-bond donors (Lipinski definition) is 1. The van der Waals surface area contributed by atoms with Crippen LogP contribution in [0.15, 0.2) is 36.4 Å². The van der Waals surface area contributed by atoms with Crippen LogP contribution in [0.25, 0.3) is 0 Å². The fraction of sp³-hybridized carbons (Fsp3) is 0.400. The molecule has 1 heterocycles. The molecule has 0 saturated carbocycles. The van der Waals surface area contributed by atoms with Gasteiger partial charge in [0.05, 0.1) is 14.2 Å². The van der Waals surface area contributed by atoms with E-state index in [4.69, 9.17) is 14.2 Å². The number of nitrogens with zero attached hydrogens (tertiary/aromatic N) is 1. The van der Waals surface area contributed by atoms with E-state index in [0.29, 0.717) is 5.75 Å². The Morgan fingerprint density at radius 3 is 2.68 bits per heavy atom. The zero-order chi connectivity index (χ0) is 17.8. The van der Waals surface area contributed by atoms with Gasteiger partial charge >= 0.3 is 0 Å². The summed E-state index contributed by atoms with van der Waals surface area (Å²) in [5.74, 6) is 2.41. The van der Waals surface area contributed by atoms with Gasteiger partial charge in [0.15, 0.2) is 11.5 Å². The quantitative estimate of drug-likeness (QED) is 0.899. The molecule has 1 aliphatic heterocycles. The second kappa shape index (κ2) is 7.66. The van der Waals surface area contributed by atoms with Gasteiger partial charge in [-0.05, 0) is 42.3 Å². The van der Waals surface area contributed by atoms with E-state index in [1.54, 1.807) is 26.4 Å². The molecule has 2 aromatic rings. The lowest BCUT2D eigenvalue weighted by Gasteiger charge is -2.23. The van der Waals surface area contributed by atoms with Crippen molar-refractivity contribution in [2.45, 2.75) is 32.5 Å². The van der Waals surface area contributed by atoms with Gasteiger partial charge in [0.1, 0.15) is 17.6 Å². The predicted octanol–water partition coefficient (Wildman–Crippen LogP) is 3.58. The third-order valence-corrected chi connectivity index (χ3v) is 4.52. The molecule has 0 radical (unpaired) electrons. The molecule has 0 saturated heterocycles. The van der Waals surface area contributed by atoms with Crippen molar-refractivity contribution in [2.75, 3.05) is 20.8 Å². The lowest BCUT2D eigenvalue weighted by atomic mass is 10.1. The number of fused-ring (bicyclic) bond motifs is 1. The molecule has 1 aliphatic rings. The Balaban J connectivity index is 1.83. The Morgan fingerprint density at radius 2 is 2.00 bits per heavy atom. The molecule has 1 N–H and O–H groups in total. The van der Waals surface area contributed by atoms with Crippen LogP contribution < -0.4 is 14.2 Å². The highest BCUT2D eigenvalue weighted by molar-refractivity contribution is 5.42. The van der Waals surface area contributed by atoms with Gasteiger partial charge in [0.25, 0.3) is 0 Å². The third-order valence-electron chi connectivity index (χ3n) is 4.52. The first-order chi connectivity index (χ1) is 12.1. The minimum Gasteiger partial charge on any atom is -0.504 e. The van der Waals surface area contributed by atoms with Gasteiger partial charge in [0, 0.05) is 25.2 Å². The van der Waals surface area contributed by atoms with E-state index in [9.17, 15) is 5.11 Å². The third kappa shape index (κ3) is 3.99. The minimum atomic E-state index is 0.140. The highest BCUT2D eigenvalue weighted by Gasteiger charge is 2.22. The summed E-state index contributed by atoms with van der Waals surface area (Å²) in [6.07, 6.45) is 1.08.